The van der Waals surface area contributed by atoms with Gasteiger partial charge in [-0.25, -0.2) is 9.97 Å². The number of aryl methyl sites for hydroxylation is 1. The molecule has 0 aliphatic carbocycles. The highest BCUT2D eigenvalue weighted by atomic mass is 35.5. The average Bonchev–Trinajstić information content (AvgIpc) is 2.98. The summed E-state index contributed by atoms with van der Waals surface area (Å²) in [5, 5.41) is 5.01. The number of thiophene rings is 1. The van der Waals surface area contributed by atoms with Crippen LogP contribution >= 0.6 is 22.9 Å². The zero-order chi connectivity index (χ0) is 17.2. The molecule has 0 bridgehead atoms. The third-order valence-electron chi connectivity index (χ3n) is 4.67. The third kappa shape index (κ3) is 3.94. The summed E-state index contributed by atoms with van der Waals surface area (Å²) in [6, 6.07) is 13.3. The third-order valence-corrected chi connectivity index (χ3v) is 5.78. The van der Waals surface area contributed by atoms with Crippen LogP contribution in [-0.2, 0) is 6.54 Å². The van der Waals surface area contributed by atoms with Gasteiger partial charge < -0.3 is 5.32 Å². The lowest BCUT2D eigenvalue weighted by atomic mass is 10.0. The molecule has 130 valence electrons. The number of hydrogen-bond acceptors (Lipinski definition) is 5. The zero-order valence-electron chi connectivity index (χ0n) is 14.2. The highest BCUT2D eigenvalue weighted by Crippen LogP contribution is 2.30. The van der Waals surface area contributed by atoms with Crippen LogP contribution in [-0.4, -0.2) is 34.0 Å². The molecule has 3 aromatic rings. The zero-order valence-corrected chi connectivity index (χ0v) is 15.8. The summed E-state index contributed by atoms with van der Waals surface area (Å²) in [4.78, 5) is 13.5. The summed E-state index contributed by atoms with van der Waals surface area (Å²) in [6.07, 6.45) is 2.22. The first-order chi connectivity index (χ1) is 12.2. The normalized spacial score (nSPS) is 16.4. The molecule has 1 aliphatic heterocycles. The summed E-state index contributed by atoms with van der Waals surface area (Å²) >= 11 is 7.76. The number of aromatic nitrogens is 2. The number of anilines is 1. The van der Waals surface area contributed by atoms with Crippen molar-refractivity contribution in [1.82, 2.24) is 14.9 Å². The lowest BCUT2D eigenvalue weighted by Gasteiger charge is -2.32. The smallest absolute Gasteiger partial charge is 0.225 e. The Morgan fingerprint density at radius 1 is 1.20 bits per heavy atom. The van der Waals surface area contributed by atoms with Gasteiger partial charge in [0.1, 0.15) is 10.6 Å². The highest BCUT2D eigenvalue weighted by Gasteiger charge is 2.21. The minimum Gasteiger partial charge on any atom is -0.367 e. The predicted octanol–water partition coefficient (Wildman–Crippen LogP) is 4.73. The van der Waals surface area contributed by atoms with Gasteiger partial charge in [0.15, 0.2) is 0 Å². The second kappa shape index (κ2) is 7.28. The van der Waals surface area contributed by atoms with Gasteiger partial charge in [-0.05, 0) is 43.0 Å². The van der Waals surface area contributed by atoms with Gasteiger partial charge in [-0.1, -0.05) is 30.3 Å². The minimum atomic E-state index is 0.318. The van der Waals surface area contributed by atoms with Crippen LogP contribution in [0, 0.1) is 6.92 Å². The van der Waals surface area contributed by atoms with E-state index in [4.69, 9.17) is 11.6 Å². The van der Waals surface area contributed by atoms with Gasteiger partial charge in [0.05, 0.1) is 5.39 Å². The van der Waals surface area contributed by atoms with Crippen molar-refractivity contribution in [3.05, 3.63) is 52.1 Å². The molecule has 1 fully saturated rings. The Labute approximate surface area is 156 Å². The molecule has 25 heavy (non-hydrogen) atoms. The molecule has 0 unspecified atom stereocenters. The maximum atomic E-state index is 6.10. The van der Waals surface area contributed by atoms with E-state index >= 15 is 0 Å². The van der Waals surface area contributed by atoms with Crippen molar-refractivity contribution >= 4 is 39.0 Å². The highest BCUT2D eigenvalue weighted by molar-refractivity contribution is 7.18. The fraction of sp³-hybridized carbons (Fsp3) is 0.368. The SMILES string of the molecule is Cc1cc2c(NC3CCN(Cc4ccccc4)CC3)nc(Cl)nc2s1. The standard InChI is InChI=1S/C19H21ClN4S/c1-13-11-16-17(22-19(20)23-18(16)25-13)21-15-7-9-24(10-8-15)12-14-5-3-2-4-6-14/h2-6,11,15H,7-10,12H2,1H3,(H,21,22,23). The Bertz CT molecular complexity index is 856. The Balaban J connectivity index is 1.40. The second-order valence-electron chi connectivity index (χ2n) is 6.60. The first-order valence-electron chi connectivity index (χ1n) is 8.64. The van der Waals surface area contributed by atoms with E-state index in [9.17, 15) is 0 Å². The molecule has 0 saturated carbocycles. The van der Waals surface area contributed by atoms with Gasteiger partial charge in [-0.15, -0.1) is 11.3 Å². The molecule has 1 saturated heterocycles. The van der Waals surface area contributed by atoms with Gasteiger partial charge in [-0.3, -0.25) is 4.90 Å². The van der Waals surface area contributed by atoms with E-state index in [-0.39, 0.29) is 0 Å². The molecule has 4 rings (SSSR count). The first kappa shape index (κ1) is 16.8. The molecule has 4 nitrogen and oxygen atoms in total. The molecular weight excluding hydrogens is 352 g/mol. The van der Waals surface area contributed by atoms with Crippen LogP contribution in [0.4, 0.5) is 5.82 Å². The molecule has 0 atom stereocenters. The number of fused-ring (bicyclic) bond motifs is 1. The van der Waals surface area contributed by atoms with E-state index in [0.29, 0.717) is 11.3 Å². The Morgan fingerprint density at radius 3 is 2.72 bits per heavy atom. The van der Waals surface area contributed by atoms with E-state index in [1.807, 2.05) is 0 Å². The number of hydrogen-bond donors (Lipinski definition) is 1. The van der Waals surface area contributed by atoms with Crippen LogP contribution in [0.3, 0.4) is 0 Å². The van der Waals surface area contributed by atoms with Crippen LogP contribution < -0.4 is 5.32 Å². The summed E-state index contributed by atoms with van der Waals surface area (Å²) in [6.45, 7) is 5.31. The second-order valence-corrected chi connectivity index (χ2v) is 8.17. The maximum absolute atomic E-state index is 6.10. The number of likely N-dealkylation sites (tertiary alicyclic amines) is 1. The van der Waals surface area contributed by atoms with Crippen molar-refractivity contribution in [3.63, 3.8) is 0 Å². The predicted molar refractivity (Wildman–Crippen MR) is 106 cm³/mol. The van der Waals surface area contributed by atoms with Crippen molar-refractivity contribution < 1.29 is 0 Å². The van der Waals surface area contributed by atoms with E-state index < -0.39 is 0 Å². The van der Waals surface area contributed by atoms with Crippen molar-refractivity contribution in [2.75, 3.05) is 18.4 Å². The fourth-order valence-corrected chi connectivity index (χ4v) is 4.49. The molecule has 6 heteroatoms. The Morgan fingerprint density at radius 2 is 1.96 bits per heavy atom. The number of nitrogens with zero attached hydrogens (tertiary/aromatic N) is 3. The monoisotopic (exact) mass is 372 g/mol. The molecular formula is C19H21ClN4S. The molecule has 2 aromatic heterocycles. The van der Waals surface area contributed by atoms with Gasteiger partial charge in [0, 0.05) is 30.6 Å². The number of benzene rings is 1. The van der Waals surface area contributed by atoms with Crippen molar-refractivity contribution in [1.29, 1.82) is 0 Å². The summed E-state index contributed by atoms with van der Waals surface area (Å²) in [5.74, 6) is 0.876. The van der Waals surface area contributed by atoms with Crippen LogP contribution in [0.15, 0.2) is 36.4 Å². The van der Waals surface area contributed by atoms with Gasteiger partial charge >= 0.3 is 0 Å². The quantitative estimate of drug-likeness (QED) is 0.672. The summed E-state index contributed by atoms with van der Waals surface area (Å²) in [5.41, 5.74) is 1.38. The molecule has 0 spiro atoms. The van der Waals surface area contributed by atoms with E-state index in [1.54, 1.807) is 11.3 Å². The van der Waals surface area contributed by atoms with E-state index in [0.717, 1.165) is 48.5 Å². The largest absolute Gasteiger partial charge is 0.367 e. The van der Waals surface area contributed by atoms with Crippen LogP contribution in [0.25, 0.3) is 10.2 Å². The lowest BCUT2D eigenvalue weighted by Crippen LogP contribution is -2.38. The van der Waals surface area contributed by atoms with Crippen molar-refractivity contribution in [2.24, 2.45) is 0 Å². The number of nitrogens with one attached hydrogen (secondary N) is 1. The van der Waals surface area contributed by atoms with Crippen molar-refractivity contribution in [2.45, 2.75) is 32.4 Å². The van der Waals surface area contributed by atoms with E-state index in [1.165, 1.54) is 10.4 Å². The fourth-order valence-electron chi connectivity index (χ4n) is 3.40. The van der Waals surface area contributed by atoms with Crippen LogP contribution in [0.1, 0.15) is 23.3 Å². The summed E-state index contributed by atoms with van der Waals surface area (Å²) < 4.78 is 0. The number of piperidine rings is 1. The maximum Gasteiger partial charge on any atom is 0.225 e. The molecule has 0 amide bonds. The number of halogens is 1. The molecule has 0 radical (unpaired) electrons. The van der Waals surface area contributed by atoms with Crippen molar-refractivity contribution in [3.8, 4) is 0 Å². The van der Waals surface area contributed by atoms with Gasteiger partial charge in [0.25, 0.3) is 0 Å². The van der Waals surface area contributed by atoms with Gasteiger partial charge in [0.2, 0.25) is 5.28 Å². The molecule has 1 N–H and O–H groups in total. The molecule has 1 aliphatic rings. The van der Waals surface area contributed by atoms with E-state index in [2.05, 4.69) is 63.5 Å². The van der Waals surface area contributed by atoms with Gasteiger partial charge in [-0.2, -0.15) is 0 Å². The Hall–Kier alpha value is -1.69. The Kier molecular flexibility index (Phi) is 4.88. The lowest BCUT2D eigenvalue weighted by molar-refractivity contribution is 0.211. The number of rotatable bonds is 4. The van der Waals surface area contributed by atoms with Crippen LogP contribution in [0.5, 0.6) is 0 Å². The molecule has 3 heterocycles. The first-order valence-corrected chi connectivity index (χ1v) is 9.83. The topological polar surface area (TPSA) is 41.0 Å². The summed E-state index contributed by atoms with van der Waals surface area (Å²) in [7, 11) is 0. The molecule has 1 aromatic carbocycles. The minimum absolute atomic E-state index is 0.318. The van der Waals surface area contributed by atoms with Crippen LogP contribution in [0.2, 0.25) is 5.28 Å². The average molecular weight is 373 g/mol.